The van der Waals surface area contributed by atoms with Gasteiger partial charge in [-0.2, -0.15) is 0 Å². The second kappa shape index (κ2) is 5.97. The van der Waals surface area contributed by atoms with Gasteiger partial charge < -0.3 is 15.4 Å². The summed E-state index contributed by atoms with van der Waals surface area (Å²) >= 11 is 0. The van der Waals surface area contributed by atoms with Crippen LogP contribution in [0.4, 0.5) is 0 Å². The molecule has 0 aliphatic carbocycles. The Balaban J connectivity index is 2.41. The Morgan fingerprint density at radius 2 is 1.60 bits per heavy atom. The van der Waals surface area contributed by atoms with Crippen LogP contribution in [-0.4, -0.2) is 21.5 Å². The van der Waals surface area contributed by atoms with Crippen molar-refractivity contribution in [3.63, 3.8) is 0 Å². The topological polar surface area (TPSA) is 36.1 Å². The monoisotopic (exact) mass is 206 g/mol. The van der Waals surface area contributed by atoms with Crippen molar-refractivity contribution in [2.45, 2.75) is 52.7 Å². The van der Waals surface area contributed by atoms with Crippen molar-refractivity contribution in [1.82, 2.24) is 15.4 Å². The molecule has 1 saturated heterocycles. The van der Waals surface area contributed by atoms with Crippen LogP contribution in [0.5, 0.6) is 0 Å². The van der Waals surface area contributed by atoms with E-state index in [1.54, 1.807) is 0 Å². The van der Waals surface area contributed by atoms with Crippen molar-refractivity contribution in [3.05, 3.63) is 0 Å². The van der Waals surface area contributed by atoms with Gasteiger partial charge in [-0.15, -0.1) is 0 Å². The molecule has 3 nitrogen and oxygen atoms in total. The zero-order valence-electron chi connectivity index (χ0n) is 10.7. The highest BCUT2D eigenvalue weighted by molar-refractivity contribution is 6.82. The standard InChI is InChI=1S/C9H23B3N3/c1-7(2)6-9(5)12-14-10-13-11(15-12)8(3)4/h7-9,13-15H,6H2,1-5H3. The first kappa shape index (κ1) is 13.1. The predicted molar refractivity (Wildman–Crippen MR) is 70.6 cm³/mol. The van der Waals surface area contributed by atoms with Crippen LogP contribution < -0.4 is 15.4 Å². The first-order valence-corrected chi connectivity index (χ1v) is 6.10. The molecule has 0 spiro atoms. The maximum Gasteiger partial charge on any atom is 0.287 e. The van der Waals surface area contributed by atoms with Crippen molar-refractivity contribution >= 4 is 21.5 Å². The molecule has 0 saturated carbocycles. The fourth-order valence-corrected chi connectivity index (χ4v) is 2.11. The van der Waals surface area contributed by atoms with Gasteiger partial charge in [0.1, 0.15) is 0 Å². The van der Waals surface area contributed by atoms with E-state index in [1.165, 1.54) is 6.42 Å². The molecule has 1 fully saturated rings. The molecule has 1 rings (SSSR count). The zero-order valence-corrected chi connectivity index (χ0v) is 10.7. The minimum absolute atomic E-state index is 0.394. The highest BCUT2D eigenvalue weighted by Gasteiger charge is 2.33. The summed E-state index contributed by atoms with van der Waals surface area (Å²) in [5.41, 5.74) is 0. The molecule has 1 atom stereocenters. The average Bonchev–Trinajstić information content (AvgIpc) is 2.17. The predicted octanol–water partition coefficient (Wildman–Crippen LogP) is 1.13. The van der Waals surface area contributed by atoms with E-state index in [-0.39, 0.29) is 0 Å². The summed E-state index contributed by atoms with van der Waals surface area (Å²) in [5.74, 6) is 2.03. The van der Waals surface area contributed by atoms with Crippen LogP contribution in [0.1, 0.15) is 41.0 Å². The second-order valence-corrected chi connectivity index (χ2v) is 5.45. The zero-order chi connectivity index (χ0) is 11.4. The Morgan fingerprint density at radius 1 is 1.00 bits per heavy atom. The van der Waals surface area contributed by atoms with Gasteiger partial charge in [-0.25, -0.2) is 0 Å². The molecular weight excluding hydrogens is 183 g/mol. The van der Waals surface area contributed by atoms with Crippen molar-refractivity contribution in [2.75, 3.05) is 0 Å². The Hall–Kier alpha value is 0.0748. The molecule has 1 heterocycles. The first-order valence-electron chi connectivity index (χ1n) is 6.10. The molecule has 3 N–H and O–H groups in total. The lowest BCUT2D eigenvalue weighted by Crippen LogP contribution is -2.71. The highest BCUT2D eigenvalue weighted by Crippen LogP contribution is 2.18. The van der Waals surface area contributed by atoms with E-state index in [0.29, 0.717) is 25.6 Å². The maximum atomic E-state index is 3.60. The first-order chi connectivity index (χ1) is 7.00. The van der Waals surface area contributed by atoms with E-state index < -0.39 is 0 Å². The third-order valence-electron chi connectivity index (χ3n) is 2.96. The summed E-state index contributed by atoms with van der Waals surface area (Å²) in [5, 5.41) is 10.3. The Morgan fingerprint density at radius 3 is 2.13 bits per heavy atom. The van der Waals surface area contributed by atoms with Gasteiger partial charge in [0.15, 0.2) is 0 Å². The average molecular weight is 206 g/mol. The number of rotatable bonds is 4. The minimum Gasteiger partial charge on any atom is -0.375 e. The van der Waals surface area contributed by atoms with Crippen LogP contribution in [0.2, 0.25) is 11.6 Å². The van der Waals surface area contributed by atoms with E-state index in [9.17, 15) is 0 Å². The molecule has 1 radical (unpaired) electrons. The molecule has 1 aliphatic heterocycles. The molecule has 15 heavy (non-hydrogen) atoms. The van der Waals surface area contributed by atoms with Gasteiger partial charge in [-0.05, 0) is 17.6 Å². The molecule has 0 amide bonds. The van der Waals surface area contributed by atoms with Gasteiger partial charge >= 0.3 is 0 Å². The van der Waals surface area contributed by atoms with E-state index in [1.807, 2.05) is 7.55 Å². The van der Waals surface area contributed by atoms with Gasteiger partial charge in [-0.1, -0.05) is 41.0 Å². The normalized spacial score (nSPS) is 19.7. The summed E-state index contributed by atoms with van der Waals surface area (Å²) in [6.45, 7) is 12.1. The molecule has 0 aromatic carbocycles. The minimum atomic E-state index is 0.394. The van der Waals surface area contributed by atoms with Crippen molar-refractivity contribution in [3.8, 4) is 0 Å². The van der Waals surface area contributed by atoms with Gasteiger partial charge in [0.05, 0.1) is 0 Å². The summed E-state index contributed by atoms with van der Waals surface area (Å²) in [4.78, 5) is 0. The lowest BCUT2D eigenvalue weighted by molar-refractivity contribution is 0.565. The lowest BCUT2D eigenvalue weighted by atomic mass is 9.46. The van der Waals surface area contributed by atoms with Gasteiger partial charge in [0, 0.05) is 0 Å². The van der Waals surface area contributed by atoms with Crippen LogP contribution in [-0.2, 0) is 0 Å². The largest absolute Gasteiger partial charge is 0.375 e. The number of nitrogens with one attached hydrogen (secondary N) is 3. The summed E-state index contributed by atoms with van der Waals surface area (Å²) < 4.78 is 0. The fourth-order valence-electron chi connectivity index (χ4n) is 2.11. The van der Waals surface area contributed by atoms with Gasteiger partial charge in [-0.3, -0.25) is 0 Å². The Bertz CT molecular complexity index is 189. The van der Waals surface area contributed by atoms with E-state index in [2.05, 4.69) is 50.0 Å². The van der Waals surface area contributed by atoms with Crippen molar-refractivity contribution in [2.24, 2.45) is 5.92 Å². The summed E-state index contributed by atoms with van der Waals surface area (Å²) in [7, 11) is 1.99. The molecule has 0 aromatic rings. The van der Waals surface area contributed by atoms with Gasteiger partial charge in [0.25, 0.3) is 21.5 Å². The number of hydrogen-bond donors (Lipinski definition) is 3. The van der Waals surface area contributed by atoms with E-state index >= 15 is 0 Å². The fraction of sp³-hybridized carbons (Fsp3) is 1.00. The number of hydrogen-bond acceptors (Lipinski definition) is 3. The molecule has 6 heteroatoms. The molecular formula is C9H23B3N3. The van der Waals surface area contributed by atoms with Crippen LogP contribution >= 0.6 is 0 Å². The molecule has 83 valence electrons. The van der Waals surface area contributed by atoms with Crippen LogP contribution in [0.15, 0.2) is 0 Å². The highest BCUT2D eigenvalue weighted by atomic mass is 15.0. The van der Waals surface area contributed by atoms with Crippen LogP contribution in [0.25, 0.3) is 0 Å². The second-order valence-electron chi connectivity index (χ2n) is 5.45. The summed E-state index contributed by atoms with van der Waals surface area (Å²) in [6, 6.07) is 0. The molecule has 1 unspecified atom stereocenters. The van der Waals surface area contributed by atoms with E-state index in [4.69, 9.17) is 0 Å². The third-order valence-corrected chi connectivity index (χ3v) is 2.96. The maximum absolute atomic E-state index is 3.60. The third kappa shape index (κ3) is 4.21. The van der Waals surface area contributed by atoms with Crippen molar-refractivity contribution in [1.29, 1.82) is 0 Å². The smallest absolute Gasteiger partial charge is 0.287 e. The molecule has 0 aromatic heterocycles. The van der Waals surface area contributed by atoms with Crippen LogP contribution in [0, 0.1) is 5.92 Å². The van der Waals surface area contributed by atoms with Crippen molar-refractivity contribution < 1.29 is 0 Å². The Labute approximate surface area is 96.1 Å². The van der Waals surface area contributed by atoms with Gasteiger partial charge in [0.2, 0.25) is 0 Å². The lowest BCUT2D eigenvalue weighted by Gasteiger charge is -2.33. The molecule has 1 aliphatic rings. The summed E-state index contributed by atoms with van der Waals surface area (Å²) in [6.07, 6.45) is 1.25. The quantitative estimate of drug-likeness (QED) is 0.603. The van der Waals surface area contributed by atoms with E-state index in [0.717, 1.165) is 5.92 Å². The SMILES string of the molecule is CC(C)CC(C)B1N[B]NB(C(C)C)N1. The van der Waals surface area contributed by atoms with Crippen LogP contribution in [0.3, 0.4) is 0 Å². The molecule has 0 bridgehead atoms. The Kier molecular flexibility index (Phi) is 5.23.